The topological polar surface area (TPSA) is 21.3 Å². The second kappa shape index (κ2) is 8.02. The van der Waals surface area contributed by atoms with Gasteiger partial charge in [-0.3, -0.25) is 0 Å². The largest absolute Gasteiger partial charge is 0.380 e. The Morgan fingerprint density at radius 3 is 2.73 bits per heavy atom. The molecule has 0 heterocycles. The Morgan fingerprint density at radius 2 is 2.18 bits per heavy atom. The predicted molar refractivity (Wildman–Crippen MR) is 48.8 cm³/mol. The van der Waals surface area contributed by atoms with E-state index in [9.17, 15) is 0 Å². The molecule has 68 valence electrons. The summed E-state index contributed by atoms with van der Waals surface area (Å²) in [5.74, 6) is 0.719. The fourth-order valence-electron chi connectivity index (χ4n) is 1.03. The lowest BCUT2D eigenvalue weighted by Crippen LogP contribution is -2.16. The Balaban J connectivity index is 2.97. The normalized spacial score (nSPS) is 13.4. The van der Waals surface area contributed by atoms with E-state index < -0.39 is 0 Å². The highest BCUT2D eigenvalue weighted by Crippen LogP contribution is 2.04. The molecule has 0 aliphatic rings. The Hall–Kier alpha value is -0.0800. The third kappa shape index (κ3) is 7.82. The maximum Gasteiger partial charge on any atom is 0.0590 e. The summed E-state index contributed by atoms with van der Waals surface area (Å²) >= 11 is 0. The molecule has 11 heavy (non-hydrogen) atoms. The number of hydrogen-bond acceptors (Lipinski definition) is 2. The van der Waals surface area contributed by atoms with Gasteiger partial charge in [0.05, 0.1) is 6.61 Å². The van der Waals surface area contributed by atoms with E-state index in [0.717, 1.165) is 25.7 Å². The zero-order valence-corrected chi connectivity index (χ0v) is 8.02. The van der Waals surface area contributed by atoms with Crippen LogP contribution >= 0.6 is 0 Å². The van der Waals surface area contributed by atoms with Crippen LogP contribution in [0.2, 0.25) is 0 Å². The molecular weight excluding hydrogens is 138 g/mol. The number of nitrogens with one attached hydrogen (secondary N) is 1. The van der Waals surface area contributed by atoms with Crippen LogP contribution in [0.5, 0.6) is 0 Å². The molecule has 0 aliphatic heterocycles. The molecule has 0 saturated heterocycles. The first-order chi connectivity index (χ1) is 5.31. The lowest BCUT2D eigenvalue weighted by molar-refractivity contribution is 0.104. The van der Waals surface area contributed by atoms with Crippen molar-refractivity contribution in [1.29, 1.82) is 0 Å². The molecule has 0 rings (SSSR count). The van der Waals surface area contributed by atoms with E-state index >= 15 is 0 Å². The summed E-state index contributed by atoms with van der Waals surface area (Å²) < 4.78 is 5.43. The maximum absolute atomic E-state index is 5.43. The van der Waals surface area contributed by atoms with Crippen molar-refractivity contribution in [3.8, 4) is 0 Å². The second-order valence-electron chi connectivity index (χ2n) is 3.07. The van der Waals surface area contributed by atoms with Crippen LogP contribution in [-0.4, -0.2) is 26.8 Å². The van der Waals surface area contributed by atoms with Gasteiger partial charge in [0.1, 0.15) is 0 Å². The van der Waals surface area contributed by atoms with Crippen molar-refractivity contribution in [2.24, 2.45) is 5.92 Å². The average molecular weight is 159 g/mol. The monoisotopic (exact) mass is 159 g/mol. The summed E-state index contributed by atoms with van der Waals surface area (Å²) in [6.45, 7) is 7.16. The van der Waals surface area contributed by atoms with Crippen LogP contribution in [-0.2, 0) is 4.74 Å². The minimum atomic E-state index is 0.719. The smallest absolute Gasteiger partial charge is 0.0590 e. The van der Waals surface area contributed by atoms with Gasteiger partial charge in [-0.1, -0.05) is 20.3 Å². The fraction of sp³-hybridized carbons (Fsp3) is 1.00. The molecule has 2 nitrogen and oxygen atoms in total. The van der Waals surface area contributed by atoms with Gasteiger partial charge in [-0.25, -0.2) is 0 Å². The third-order valence-corrected chi connectivity index (χ3v) is 1.68. The average Bonchev–Trinajstić information content (AvgIpc) is 1.99. The van der Waals surface area contributed by atoms with E-state index in [1.165, 1.54) is 12.8 Å². The van der Waals surface area contributed by atoms with E-state index in [2.05, 4.69) is 19.2 Å². The van der Waals surface area contributed by atoms with Gasteiger partial charge in [-0.15, -0.1) is 0 Å². The predicted octanol–water partition coefficient (Wildman–Crippen LogP) is 1.66. The maximum atomic E-state index is 5.43. The molecule has 0 aromatic rings. The lowest BCUT2D eigenvalue weighted by Gasteiger charge is -2.09. The molecule has 0 saturated carbocycles. The van der Waals surface area contributed by atoms with E-state index in [-0.39, 0.29) is 0 Å². The molecule has 0 aliphatic carbocycles. The Kier molecular flexibility index (Phi) is 7.96. The van der Waals surface area contributed by atoms with Crippen molar-refractivity contribution in [3.63, 3.8) is 0 Å². The highest BCUT2D eigenvalue weighted by atomic mass is 16.5. The first-order valence-corrected chi connectivity index (χ1v) is 4.53. The van der Waals surface area contributed by atoms with Gasteiger partial charge < -0.3 is 10.1 Å². The van der Waals surface area contributed by atoms with Gasteiger partial charge in [-0.2, -0.15) is 0 Å². The van der Waals surface area contributed by atoms with E-state index in [1.54, 1.807) is 0 Å². The molecule has 0 bridgehead atoms. The van der Waals surface area contributed by atoms with Crippen LogP contribution < -0.4 is 5.32 Å². The zero-order valence-electron chi connectivity index (χ0n) is 8.02. The number of rotatable bonds is 7. The molecular formula is C9H21NO. The van der Waals surface area contributed by atoms with E-state index in [0.29, 0.717) is 0 Å². The van der Waals surface area contributed by atoms with Gasteiger partial charge >= 0.3 is 0 Å². The van der Waals surface area contributed by atoms with Crippen LogP contribution in [0.15, 0.2) is 0 Å². The Labute approximate surface area is 70.3 Å². The van der Waals surface area contributed by atoms with Crippen LogP contribution in [0.3, 0.4) is 0 Å². The van der Waals surface area contributed by atoms with Crippen molar-refractivity contribution in [2.75, 3.05) is 26.8 Å². The molecule has 0 aromatic heterocycles. The molecule has 0 aromatic carbocycles. The quantitative estimate of drug-likeness (QED) is 0.570. The molecule has 0 radical (unpaired) electrons. The van der Waals surface area contributed by atoms with Crippen molar-refractivity contribution in [2.45, 2.75) is 26.7 Å². The van der Waals surface area contributed by atoms with Crippen LogP contribution in [0, 0.1) is 5.92 Å². The molecule has 1 atom stereocenters. The van der Waals surface area contributed by atoms with Gasteiger partial charge in [0, 0.05) is 13.2 Å². The lowest BCUT2D eigenvalue weighted by atomic mass is 10.1. The van der Waals surface area contributed by atoms with Gasteiger partial charge in [0.2, 0.25) is 0 Å². The van der Waals surface area contributed by atoms with Crippen LogP contribution in [0.25, 0.3) is 0 Å². The van der Waals surface area contributed by atoms with Gasteiger partial charge in [0.15, 0.2) is 0 Å². The van der Waals surface area contributed by atoms with Crippen LogP contribution in [0.4, 0.5) is 0 Å². The summed E-state index contributed by atoms with van der Waals surface area (Å²) in [6, 6.07) is 0. The molecule has 2 heteroatoms. The minimum absolute atomic E-state index is 0.719. The zero-order chi connectivity index (χ0) is 8.53. The molecule has 0 amide bonds. The van der Waals surface area contributed by atoms with Crippen molar-refractivity contribution in [1.82, 2.24) is 5.32 Å². The number of ether oxygens (including phenoxy) is 1. The standard InChI is InChI=1S/C9H21NO/c1-4-5-9(2)8-11-7-6-10-3/h9-10H,4-8H2,1-3H3. The van der Waals surface area contributed by atoms with Crippen molar-refractivity contribution >= 4 is 0 Å². The number of hydrogen-bond donors (Lipinski definition) is 1. The summed E-state index contributed by atoms with van der Waals surface area (Å²) in [4.78, 5) is 0. The Bertz CT molecular complexity index is 76.0. The van der Waals surface area contributed by atoms with Crippen molar-refractivity contribution in [3.05, 3.63) is 0 Å². The molecule has 0 spiro atoms. The fourth-order valence-corrected chi connectivity index (χ4v) is 1.03. The number of likely N-dealkylation sites (N-methyl/N-ethyl adjacent to an activating group) is 1. The molecule has 1 unspecified atom stereocenters. The highest BCUT2D eigenvalue weighted by Gasteiger charge is 1.98. The Morgan fingerprint density at radius 1 is 1.45 bits per heavy atom. The summed E-state index contributed by atoms with van der Waals surface area (Å²) in [6.07, 6.45) is 2.54. The van der Waals surface area contributed by atoms with E-state index in [1.807, 2.05) is 7.05 Å². The molecule has 1 N–H and O–H groups in total. The minimum Gasteiger partial charge on any atom is -0.380 e. The second-order valence-corrected chi connectivity index (χ2v) is 3.07. The van der Waals surface area contributed by atoms with Gasteiger partial charge in [0.25, 0.3) is 0 Å². The SMILES string of the molecule is CCCC(C)COCCNC. The van der Waals surface area contributed by atoms with Crippen molar-refractivity contribution < 1.29 is 4.74 Å². The third-order valence-electron chi connectivity index (χ3n) is 1.68. The first-order valence-electron chi connectivity index (χ1n) is 4.53. The summed E-state index contributed by atoms with van der Waals surface area (Å²) in [7, 11) is 1.94. The summed E-state index contributed by atoms with van der Waals surface area (Å²) in [5, 5.41) is 3.05. The summed E-state index contributed by atoms with van der Waals surface area (Å²) in [5.41, 5.74) is 0. The van der Waals surface area contributed by atoms with Gasteiger partial charge in [-0.05, 0) is 19.4 Å². The first kappa shape index (κ1) is 10.9. The van der Waals surface area contributed by atoms with E-state index in [4.69, 9.17) is 4.74 Å². The highest BCUT2D eigenvalue weighted by molar-refractivity contribution is 4.49. The molecule has 0 fully saturated rings. The van der Waals surface area contributed by atoms with Crippen LogP contribution in [0.1, 0.15) is 26.7 Å².